The second-order valence-corrected chi connectivity index (χ2v) is 6.83. The molecule has 1 aromatic carbocycles. The second kappa shape index (κ2) is 5.43. The molecule has 0 spiro atoms. The summed E-state index contributed by atoms with van der Waals surface area (Å²) in [6, 6.07) is 10.5. The summed E-state index contributed by atoms with van der Waals surface area (Å²) in [6.45, 7) is 9.46. The zero-order valence-electron chi connectivity index (χ0n) is 13.1. The number of carbonyl (C=O) groups excluding carboxylic acids is 1. The zero-order chi connectivity index (χ0) is 15.0. The van der Waals surface area contributed by atoms with Gasteiger partial charge in [-0.1, -0.05) is 30.3 Å². The van der Waals surface area contributed by atoms with E-state index in [1.807, 2.05) is 11.0 Å². The molecule has 2 saturated heterocycles. The van der Waals surface area contributed by atoms with Crippen LogP contribution in [0.15, 0.2) is 30.3 Å². The number of β-lactam (4-membered cyclic amide) rings is 1. The van der Waals surface area contributed by atoms with Gasteiger partial charge in [0.2, 0.25) is 5.91 Å². The summed E-state index contributed by atoms with van der Waals surface area (Å²) < 4.78 is 5.42. The van der Waals surface area contributed by atoms with E-state index in [1.54, 1.807) is 0 Å². The second-order valence-electron chi connectivity index (χ2n) is 6.83. The third-order valence-electron chi connectivity index (χ3n) is 4.37. The van der Waals surface area contributed by atoms with Gasteiger partial charge in [0.1, 0.15) is 6.04 Å². The molecule has 0 aliphatic carbocycles. The molecular formula is C17H24N2O2. The number of nitrogens with zero attached hydrogens (tertiary/aromatic N) is 2. The van der Waals surface area contributed by atoms with E-state index in [0.29, 0.717) is 0 Å². The number of benzene rings is 1. The Hall–Kier alpha value is -1.39. The van der Waals surface area contributed by atoms with Gasteiger partial charge in [-0.15, -0.1) is 0 Å². The maximum absolute atomic E-state index is 12.7. The molecule has 1 aromatic rings. The van der Waals surface area contributed by atoms with E-state index in [2.05, 4.69) is 49.9 Å². The lowest BCUT2D eigenvalue weighted by atomic mass is 9.82. The highest BCUT2D eigenvalue weighted by Crippen LogP contribution is 2.43. The van der Waals surface area contributed by atoms with Crippen LogP contribution in [0.2, 0.25) is 0 Å². The molecule has 4 nitrogen and oxygen atoms in total. The van der Waals surface area contributed by atoms with Crippen LogP contribution in [-0.4, -0.2) is 53.6 Å². The minimum atomic E-state index is -0.152. The topological polar surface area (TPSA) is 32.8 Å². The van der Waals surface area contributed by atoms with Gasteiger partial charge in [0.25, 0.3) is 0 Å². The Morgan fingerprint density at radius 2 is 1.67 bits per heavy atom. The fraction of sp³-hybridized carbons (Fsp3) is 0.588. The molecule has 21 heavy (non-hydrogen) atoms. The zero-order valence-corrected chi connectivity index (χ0v) is 13.1. The van der Waals surface area contributed by atoms with Crippen molar-refractivity contribution in [3.05, 3.63) is 35.9 Å². The molecule has 0 bridgehead atoms. The minimum absolute atomic E-state index is 0.0319. The first kappa shape index (κ1) is 14.5. The number of carbonyl (C=O) groups is 1. The summed E-state index contributed by atoms with van der Waals surface area (Å²) in [5, 5.41) is 0. The molecule has 2 aliphatic heterocycles. The summed E-state index contributed by atoms with van der Waals surface area (Å²) in [4.78, 5) is 17.0. The Morgan fingerprint density at radius 3 is 2.24 bits per heavy atom. The summed E-state index contributed by atoms with van der Waals surface area (Å²) in [5.74, 6) is 0.248. The minimum Gasteiger partial charge on any atom is -0.379 e. The highest BCUT2D eigenvalue weighted by Gasteiger charge is 2.54. The van der Waals surface area contributed by atoms with Gasteiger partial charge >= 0.3 is 0 Å². The third kappa shape index (κ3) is 2.58. The molecule has 2 aliphatic rings. The van der Waals surface area contributed by atoms with Crippen molar-refractivity contribution in [1.82, 2.24) is 9.80 Å². The van der Waals surface area contributed by atoms with Crippen molar-refractivity contribution in [1.29, 1.82) is 0 Å². The van der Waals surface area contributed by atoms with E-state index < -0.39 is 0 Å². The van der Waals surface area contributed by atoms with Crippen LogP contribution in [0, 0.1) is 0 Å². The number of rotatable bonds is 2. The molecular weight excluding hydrogens is 264 g/mol. The predicted molar refractivity (Wildman–Crippen MR) is 82.0 cm³/mol. The molecule has 3 rings (SSSR count). The molecule has 0 aromatic heterocycles. The van der Waals surface area contributed by atoms with Crippen LogP contribution >= 0.6 is 0 Å². The van der Waals surface area contributed by atoms with Crippen LogP contribution in [0.5, 0.6) is 0 Å². The molecule has 1 amide bonds. The van der Waals surface area contributed by atoms with Crippen molar-refractivity contribution < 1.29 is 9.53 Å². The van der Waals surface area contributed by atoms with Crippen molar-refractivity contribution in [2.24, 2.45) is 0 Å². The molecule has 4 heteroatoms. The van der Waals surface area contributed by atoms with Crippen molar-refractivity contribution in [3.63, 3.8) is 0 Å². The SMILES string of the molecule is CC(C)(C)N1C(=O)[C@@H](N2CCOCC2)[C@@H]1c1ccccc1. The molecule has 0 radical (unpaired) electrons. The van der Waals surface area contributed by atoms with Gasteiger partial charge in [0.15, 0.2) is 0 Å². The summed E-state index contributed by atoms with van der Waals surface area (Å²) in [7, 11) is 0. The number of ether oxygens (including phenoxy) is 1. The number of morpholine rings is 1. The number of amides is 1. The van der Waals surface area contributed by atoms with Crippen molar-refractivity contribution >= 4 is 5.91 Å². The van der Waals surface area contributed by atoms with Crippen molar-refractivity contribution in [2.45, 2.75) is 38.4 Å². The standard InChI is InChI=1S/C17H24N2O2/c1-17(2,3)19-14(13-7-5-4-6-8-13)15(16(19)20)18-9-11-21-12-10-18/h4-8,14-15H,9-12H2,1-3H3/t14-,15-/m0/s1. The smallest absolute Gasteiger partial charge is 0.243 e. The van der Waals surface area contributed by atoms with E-state index in [-0.39, 0.29) is 23.5 Å². The van der Waals surface area contributed by atoms with Gasteiger partial charge < -0.3 is 9.64 Å². The molecule has 0 N–H and O–H groups in total. The van der Waals surface area contributed by atoms with Crippen LogP contribution in [0.3, 0.4) is 0 Å². The average molecular weight is 288 g/mol. The first-order valence-electron chi connectivity index (χ1n) is 7.70. The summed E-state index contributed by atoms with van der Waals surface area (Å²) in [5.41, 5.74) is 1.07. The van der Waals surface area contributed by atoms with E-state index in [4.69, 9.17) is 4.74 Å². The van der Waals surface area contributed by atoms with Crippen LogP contribution in [0.1, 0.15) is 32.4 Å². The normalized spacial score (nSPS) is 27.6. The quantitative estimate of drug-likeness (QED) is 0.781. The Labute approximate surface area is 126 Å². The largest absolute Gasteiger partial charge is 0.379 e. The average Bonchev–Trinajstić information content (AvgIpc) is 2.45. The molecule has 0 saturated carbocycles. The predicted octanol–water partition coefficient (Wildman–Crippen LogP) is 2.07. The molecule has 2 atom stereocenters. The van der Waals surface area contributed by atoms with E-state index >= 15 is 0 Å². The van der Waals surface area contributed by atoms with Gasteiger partial charge in [0.05, 0.1) is 19.3 Å². The van der Waals surface area contributed by atoms with Gasteiger partial charge in [-0.3, -0.25) is 9.69 Å². The van der Waals surface area contributed by atoms with Gasteiger partial charge in [-0.2, -0.15) is 0 Å². The first-order valence-corrected chi connectivity index (χ1v) is 7.70. The molecule has 2 fully saturated rings. The highest BCUT2D eigenvalue weighted by atomic mass is 16.5. The molecule has 0 unspecified atom stereocenters. The number of hydrogen-bond donors (Lipinski definition) is 0. The van der Waals surface area contributed by atoms with Gasteiger partial charge in [-0.25, -0.2) is 0 Å². The highest BCUT2D eigenvalue weighted by molar-refractivity contribution is 5.90. The Kier molecular flexibility index (Phi) is 3.76. The lowest BCUT2D eigenvalue weighted by molar-refractivity contribution is -0.173. The molecule has 114 valence electrons. The lowest BCUT2D eigenvalue weighted by Gasteiger charge is -2.57. The maximum atomic E-state index is 12.7. The third-order valence-corrected chi connectivity index (χ3v) is 4.37. The Bertz CT molecular complexity index is 503. The summed E-state index contributed by atoms with van der Waals surface area (Å²) in [6.07, 6.45) is 0. The summed E-state index contributed by atoms with van der Waals surface area (Å²) >= 11 is 0. The Morgan fingerprint density at radius 1 is 1.05 bits per heavy atom. The van der Waals surface area contributed by atoms with E-state index in [9.17, 15) is 4.79 Å². The van der Waals surface area contributed by atoms with Crippen molar-refractivity contribution in [3.8, 4) is 0 Å². The fourth-order valence-corrected chi connectivity index (χ4v) is 3.41. The van der Waals surface area contributed by atoms with Crippen LogP contribution in [0.4, 0.5) is 0 Å². The number of hydrogen-bond acceptors (Lipinski definition) is 3. The maximum Gasteiger partial charge on any atom is 0.243 e. The monoisotopic (exact) mass is 288 g/mol. The fourth-order valence-electron chi connectivity index (χ4n) is 3.41. The van der Waals surface area contributed by atoms with Crippen LogP contribution < -0.4 is 0 Å². The lowest BCUT2D eigenvalue weighted by Crippen LogP contribution is -2.71. The molecule has 2 heterocycles. The first-order chi connectivity index (χ1) is 10.00. The Balaban J connectivity index is 1.90. The van der Waals surface area contributed by atoms with Crippen LogP contribution in [-0.2, 0) is 9.53 Å². The number of likely N-dealkylation sites (tertiary alicyclic amines) is 1. The van der Waals surface area contributed by atoms with Gasteiger partial charge in [0, 0.05) is 18.6 Å². The van der Waals surface area contributed by atoms with Crippen LogP contribution in [0.25, 0.3) is 0 Å². The van der Waals surface area contributed by atoms with Crippen molar-refractivity contribution in [2.75, 3.05) is 26.3 Å². The van der Waals surface area contributed by atoms with E-state index in [0.717, 1.165) is 26.3 Å². The van der Waals surface area contributed by atoms with Gasteiger partial charge in [-0.05, 0) is 26.3 Å². The van der Waals surface area contributed by atoms with E-state index in [1.165, 1.54) is 5.56 Å².